The summed E-state index contributed by atoms with van der Waals surface area (Å²) < 4.78 is 23.2. The summed E-state index contributed by atoms with van der Waals surface area (Å²) in [5.74, 6) is 0.482. The van der Waals surface area contributed by atoms with Gasteiger partial charge in [-0.05, 0) is 18.2 Å². The highest BCUT2D eigenvalue weighted by molar-refractivity contribution is 5.98. The van der Waals surface area contributed by atoms with E-state index in [1.807, 2.05) is 0 Å². The van der Waals surface area contributed by atoms with Crippen molar-refractivity contribution in [1.29, 1.82) is 0 Å². The van der Waals surface area contributed by atoms with E-state index in [1.165, 1.54) is 28.4 Å². The molecule has 0 aliphatic rings. The number of primary amides is 1. The van der Waals surface area contributed by atoms with E-state index in [1.54, 1.807) is 41.2 Å². The smallest absolute Gasteiger partial charge is 0.241 e. The van der Waals surface area contributed by atoms with Crippen LogP contribution in [0.5, 0.6) is 23.0 Å². The SMILES string of the molecule is COc1ccc(-c2cnnn2-c2cc(OC)c(OC)c(OC)c2)cc1NC(=O)C(N)CC(N)=O. The van der Waals surface area contributed by atoms with Gasteiger partial charge >= 0.3 is 0 Å². The first kappa shape index (κ1) is 24.3. The molecule has 12 heteroatoms. The zero-order valence-corrected chi connectivity index (χ0v) is 19.2. The minimum absolute atomic E-state index is 0.286. The first-order valence-corrected chi connectivity index (χ1v) is 10.1. The molecule has 0 saturated carbocycles. The summed E-state index contributed by atoms with van der Waals surface area (Å²) >= 11 is 0. The largest absolute Gasteiger partial charge is 0.495 e. The number of amides is 2. The van der Waals surface area contributed by atoms with Crippen molar-refractivity contribution in [3.63, 3.8) is 0 Å². The van der Waals surface area contributed by atoms with Crippen molar-refractivity contribution < 1.29 is 28.5 Å². The maximum atomic E-state index is 12.4. The molecular weight excluding hydrogens is 444 g/mol. The minimum Gasteiger partial charge on any atom is -0.495 e. The first-order valence-electron chi connectivity index (χ1n) is 10.1. The Bertz CT molecular complexity index is 1170. The van der Waals surface area contributed by atoms with Crippen LogP contribution in [0, 0.1) is 0 Å². The van der Waals surface area contributed by atoms with Crippen LogP contribution in [0.4, 0.5) is 5.69 Å². The van der Waals surface area contributed by atoms with E-state index in [4.69, 9.17) is 30.4 Å². The van der Waals surface area contributed by atoms with Gasteiger partial charge in [-0.1, -0.05) is 5.21 Å². The summed E-state index contributed by atoms with van der Waals surface area (Å²) in [6, 6.07) is 7.50. The van der Waals surface area contributed by atoms with Crippen LogP contribution >= 0.6 is 0 Å². The van der Waals surface area contributed by atoms with Crippen molar-refractivity contribution in [2.75, 3.05) is 33.8 Å². The monoisotopic (exact) mass is 470 g/mol. The molecule has 2 aromatic carbocycles. The third kappa shape index (κ3) is 5.02. The third-order valence-corrected chi connectivity index (χ3v) is 4.95. The molecule has 1 atom stereocenters. The molecule has 1 unspecified atom stereocenters. The van der Waals surface area contributed by atoms with Crippen molar-refractivity contribution in [1.82, 2.24) is 15.0 Å². The second kappa shape index (κ2) is 10.5. The molecule has 1 heterocycles. The molecule has 0 aliphatic carbocycles. The molecule has 0 radical (unpaired) electrons. The molecule has 5 N–H and O–H groups in total. The number of hydrogen-bond acceptors (Lipinski definition) is 9. The lowest BCUT2D eigenvalue weighted by Crippen LogP contribution is -2.39. The Morgan fingerprint density at radius 3 is 2.21 bits per heavy atom. The number of methoxy groups -OCH3 is 4. The van der Waals surface area contributed by atoms with Gasteiger partial charge in [-0.25, -0.2) is 4.68 Å². The van der Waals surface area contributed by atoms with Crippen LogP contribution in [0.2, 0.25) is 0 Å². The maximum Gasteiger partial charge on any atom is 0.241 e. The van der Waals surface area contributed by atoms with Crippen molar-refractivity contribution in [2.45, 2.75) is 12.5 Å². The van der Waals surface area contributed by atoms with Crippen molar-refractivity contribution in [3.8, 4) is 39.9 Å². The standard InChI is InChI=1S/C22H26N6O6/c1-31-17-6-5-12(7-15(17)26-22(30)14(23)10-20(24)29)16-11-25-27-28(16)13-8-18(32-2)21(34-4)19(9-13)33-3/h5-9,11,14H,10,23H2,1-4H3,(H2,24,29)(H,26,30). The van der Waals surface area contributed by atoms with Crippen LogP contribution in [0.1, 0.15) is 6.42 Å². The molecule has 3 aromatic rings. The van der Waals surface area contributed by atoms with E-state index in [-0.39, 0.29) is 6.42 Å². The van der Waals surface area contributed by atoms with Crippen LogP contribution in [0.3, 0.4) is 0 Å². The zero-order valence-electron chi connectivity index (χ0n) is 19.2. The molecule has 0 fully saturated rings. The molecule has 12 nitrogen and oxygen atoms in total. The Morgan fingerprint density at radius 2 is 1.65 bits per heavy atom. The van der Waals surface area contributed by atoms with Crippen LogP contribution < -0.4 is 35.7 Å². The summed E-state index contributed by atoms with van der Waals surface area (Å²) in [5.41, 5.74) is 13.1. The number of rotatable bonds is 10. The Balaban J connectivity index is 2.02. The molecule has 0 saturated heterocycles. The number of hydrogen-bond donors (Lipinski definition) is 3. The highest BCUT2D eigenvalue weighted by Crippen LogP contribution is 2.40. The average molecular weight is 470 g/mol. The van der Waals surface area contributed by atoms with Gasteiger partial charge in [0.1, 0.15) is 5.75 Å². The molecule has 3 rings (SSSR count). The summed E-state index contributed by atoms with van der Waals surface area (Å²) in [6.45, 7) is 0. The number of nitrogens with two attached hydrogens (primary N) is 2. The predicted molar refractivity (Wildman–Crippen MR) is 123 cm³/mol. The number of aromatic nitrogens is 3. The van der Waals surface area contributed by atoms with Gasteiger partial charge in [-0.15, -0.1) is 5.10 Å². The fourth-order valence-electron chi connectivity index (χ4n) is 3.31. The molecule has 0 aliphatic heterocycles. The maximum absolute atomic E-state index is 12.4. The summed E-state index contributed by atoms with van der Waals surface area (Å²) in [7, 11) is 6.02. The Labute approximate surface area is 195 Å². The fraction of sp³-hybridized carbons (Fsp3) is 0.273. The lowest BCUT2D eigenvalue weighted by molar-refractivity contribution is -0.123. The van der Waals surface area contributed by atoms with Gasteiger partial charge in [0.05, 0.1) is 64.2 Å². The lowest BCUT2D eigenvalue weighted by atomic mass is 10.1. The van der Waals surface area contributed by atoms with Crippen LogP contribution in [-0.4, -0.2) is 61.3 Å². The minimum atomic E-state index is -1.10. The number of nitrogens with one attached hydrogen (secondary N) is 1. The number of benzene rings is 2. The van der Waals surface area contributed by atoms with E-state index < -0.39 is 17.9 Å². The molecule has 180 valence electrons. The Morgan fingerprint density at radius 1 is 1.00 bits per heavy atom. The van der Waals surface area contributed by atoms with Gasteiger partial charge < -0.3 is 35.7 Å². The topological polar surface area (TPSA) is 166 Å². The number of anilines is 1. The normalized spacial score (nSPS) is 11.4. The molecule has 0 bridgehead atoms. The molecule has 1 aromatic heterocycles. The van der Waals surface area contributed by atoms with Gasteiger partial charge in [0.25, 0.3) is 0 Å². The highest BCUT2D eigenvalue weighted by atomic mass is 16.5. The van der Waals surface area contributed by atoms with Gasteiger partial charge in [0, 0.05) is 17.7 Å². The number of nitrogens with zero attached hydrogens (tertiary/aromatic N) is 3. The molecule has 0 spiro atoms. The quantitative estimate of drug-likeness (QED) is 0.393. The Hall–Kier alpha value is -4.32. The molecule has 2 amide bonds. The lowest BCUT2D eigenvalue weighted by Gasteiger charge is -2.16. The van der Waals surface area contributed by atoms with Crippen LogP contribution in [0.15, 0.2) is 36.5 Å². The summed E-state index contributed by atoms with van der Waals surface area (Å²) in [4.78, 5) is 23.5. The average Bonchev–Trinajstić information content (AvgIpc) is 3.32. The molecule has 34 heavy (non-hydrogen) atoms. The second-order valence-corrected chi connectivity index (χ2v) is 7.10. The summed E-state index contributed by atoms with van der Waals surface area (Å²) in [6.07, 6.45) is 1.28. The van der Waals surface area contributed by atoms with Crippen LogP contribution in [-0.2, 0) is 9.59 Å². The fourth-order valence-corrected chi connectivity index (χ4v) is 3.31. The van der Waals surface area contributed by atoms with Crippen molar-refractivity contribution in [2.24, 2.45) is 11.5 Å². The van der Waals surface area contributed by atoms with Gasteiger partial charge in [-0.3, -0.25) is 9.59 Å². The number of ether oxygens (including phenoxy) is 4. The van der Waals surface area contributed by atoms with E-state index in [9.17, 15) is 9.59 Å². The Kier molecular flexibility index (Phi) is 7.53. The van der Waals surface area contributed by atoms with Gasteiger partial charge in [0.15, 0.2) is 11.5 Å². The second-order valence-electron chi connectivity index (χ2n) is 7.10. The van der Waals surface area contributed by atoms with E-state index >= 15 is 0 Å². The molecular formula is C22H26N6O6. The number of carbonyl (C=O) groups is 2. The van der Waals surface area contributed by atoms with Crippen molar-refractivity contribution in [3.05, 3.63) is 36.5 Å². The van der Waals surface area contributed by atoms with Gasteiger partial charge in [0.2, 0.25) is 17.6 Å². The van der Waals surface area contributed by atoms with E-state index in [2.05, 4.69) is 15.6 Å². The summed E-state index contributed by atoms with van der Waals surface area (Å²) in [5, 5.41) is 10.9. The van der Waals surface area contributed by atoms with Crippen molar-refractivity contribution >= 4 is 17.5 Å². The predicted octanol–water partition coefficient (Wildman–Crippen LogP) is 1.11. The third-order valence-electron chi connectivity index (χ3n) is 4.95. The zero-order chi connectivity index (χ0) is 24.8. The van der Waals surface area contributed by atoms with Gasteiger partial charge in [-0.2, -0.15) is 0 Å². The first-order chi connectivity index (χ1) is 16.3. The highest BCUT2D eigenvalue weighted by Gasteiger charge is 2.20. The van der Waals surface area contributed by atoms with Crippen LogP contribution in [0.25, 0.3) is 16.9 Å². The van der Waals surface area contributed by atoms with E-state index in [0.717, 1.165) is 0 Å². The van der Waals surface area contributed by atoms with E-state index in [0.29, 0.717) is 45.6 Å². The number of carbonyl (C=O) groups excluding carboxylic acids is 2.